The fourth-order valence-electron chi connectivity index (χ4n) is 1.46. The molecule has 0 aliphatic carbocycles. The number of amides is 1. The molecule has 16 heavy (non-hydrogen) atoms. The Labute approximate surface area is 102 Å². The fourth-order valence-corrected chi connectivity index (χ4v) is 1.46. The average molecular weight is 253 g/mol. The summed E-state index contributed by atoms with van der Waals surface area (Å²) in [6, 6.07) is -0.369. The van der Waals surface area contributed by atoms with E-state index in [2.05, 4.69) is 0 Å². The molecule has 0 aromatic carbocycles. The van der Waals surface area contributed by atoms with Crippen LogP contribution < -0.4 is 5.73 Å². The normalized spacial score (nSPS) is 25.9. The van der Waals surface area contributed by atoms with E-state index in [-0.39, 0.29) is 24.5 Å². The van der Waals surface area contributed by atoms with E-state index in [0.717, 1.165) is 0 Å². The van der Waals surface area contributed by atoms with E-state index < -0.39 is 11.7 Å². The van der Waals surface area contributed by atoms with Crippen LogP contribution in [0.5, 0.6) is 0 Å². The molecule has 96 valence electrons. The van der Waals surface area contributed by atoms with Gasteiger partial charge in [0, 0.05) is 19.1 Å². The van der Waals surface area contributed by atoms with Crippen molar-refractivity contribution in [3.05, 3.63) is 0 Å². The highest BCUT2D eigenvalue weighted by atomic mass is 35.5. The number of nitrogens with zero attached hydrogens (tertiary/aromatic N) is 1. The zero-order chi connectivity index (χ0) is 11.6. The standard InChI is InChI=1S/C10H20N2O3.ClH/c1-10(2,3)15-9(14)12-5-4-8(13)7(11)6-12;/h7-8,13H,4-6,11H2,1-3H3;1H/t7-,8+;/m0./s1. The third kappa shape index (κ3) is 4.55. The molecule has 0 spiro atoms. The van der Waals surface area contributed by atoms with Crippen molar-refractivity contribution in [3.8, 4) is 0 Å². The number of ether oxygens (including phenoxy) is 1. The first-order valence-electron chi connectivity index (χ1n) is 5.21. The van der Waals surface area contributed by atoms with Crippen molar-refractivity contribution in [1.29, 1.82) is 0 Å². The Kier molecular flexibility index (Phi) is 5.52. The van der Waals surface area contributed by atoms with Gasteiger partial charge >= 0.3 is 6.09 Å². The summed E-state index contributed by atoms with van der Waals surface area (Å²) in [4.78, 5) is 13.2. The quantitative estimate of drug-likeness (QED) is 0.667. The Bertz CT molecular complexity index is 243. The molecule has 0 saturated carbocycles. The van der Waals surface area contributed by atoms with Gasteiger partial charge in [0.15, 0.2) is 0 Å². The van der Waals surface area contributed by atoms with Crippen LogP contribution in [0.4, 0.5) is 4.79 Å². The summed E-state index contributed by atoms with van der Waals surface area (Å²) in [6.07, 6.45) is -0.353. The molecule has 6 heteroatoms. The van der Waals surface area contributed by atoms with Crippen LogP contribution in [0.1, 0.15) is 27.2 Å². The minimum Gasteiger partial charge on any atom is -0.444 e. The lowest BCUT2D eigenvalue weighted by molar-refractivity contribution is 0.00490. The lowest BCUT2D eigenvalue weighted by Crippen LogP contribution is -2.53. The van der Waals surface area contributed by atoms with Crippen LogP contribution in [0.3, 0.4) is 0 Å². The highest BCUT2D eigenvalue weighted by Crippen LogP contribution is 2.14. The molecular weight excluding hydrogens is 232 g/mol. The van der Waals surface area contributed by atoms with Gasteiger partial charge in [-0.1, -0.05) is 0 Å². The second-order valence-corrected chi connectivity index (χ2v) is 4.95. The van der Waals surface area contributed by atoms with E-state index in [1.54, 1.807) is 4.90 Å². The molecule has 5 nitrogen and oxygen atoms in total. The summed E-state index contributed by atoms with van der Waals surface area (Å²) < 4.78 is 5.21. The van der Waals surface area contributed by atoms with E-state index >= 15 is 0 Å². The third-order valence-corrected chi connectivity index (χ3v) is 2.27. The van der Waals surface area contributed by atoms with Gasteiger partial charge in [0.25, 0.3) is 0 Å². The zero-order valence-electron chi connectivity index (χ0n) is 9.97. The van der Waals surface area contributed by atoms with Gasteiger partial charge in [-0.25, -0.2) is 4.79 Å². The minimum absolute atomic E-state index is 0. The summed E-state index contributed by atoms with van der Waals surface area (Å²) >= 11 is 0. The lowest BCUT2D eigenvalue weighted by atomic mass is 10.0. The smallest absolute Gasteiger partial charge is 0.410 e. The highest BCUT2D eigenvalue weighted by Gasteiger charge is 2.30. The van der Waals surface area contributed by atoms with Gasteiger partial charge in [-0.3, -0.25) is 0 Å². The van der Waals surface area contributed by atoms with Crippen LogP contribution in [0, 0.1) is 0 Å². The van der Waals surface area contributed by atoms with Gasteiger partial charge in [-0.15, -0.1) is 12.4 Å². The predicted octanol–water partition coefficient (Wildman–Crippen LogP) is 0.737. The summed E-state index contributed by atoms with van der Waals surface area (Å²) in [6.45, 7) is 6.33. The van der Waals surface area contributed by atoms with Gasteiger partial charge in [0.05, 0.1) is 6.10 Å². The van der Waals surface area contributed by atoms with E-state index in [9.17, 15) is 9.90 Å². The highest BCUT2D eigenvalue weighted by molar-refractivity contribution is 5.85. The SMILES string of the molecule is CC(C)(C)OC(=O)N1CC[C@@H](O)[C@@H](N)C1.Cl. The van der Waals surface area contributed by atoms with Gasteiger partial charge in [-0.2, -0.15) is 0 Å². The average Bonchev–Trinajstić information content (AvgIpc) is 2.06. The second-order valence-electron chi connectivity index (χ2n) is 4.95. The van der Waals surface area contributed by atoms with Crippen molar-refractivity contribution in [3.63, 3.8) is 0 Å². The number of likely N-dealkylation sites (tertiary alicyclic amines) is 1. The molecule has 0 aromatic rings. The van der Waals surface area contributed by atoms with Gasteiger partial charge in [0.1, 0.15) is 5.60 Å². The maximum absolute atomic E-state index is 11.6. The van der Waals surface area contributed by atoms with Crippen molar-refractivity contribution in [1.82, 2.24) is 4.90 Å². The molecule has 0 unspecified atom stereocenters. The molecule has 3 N–H and O–H groups in total. The van der Waals surface area contributed by atoms with E-state index in [1.807, 2.05) is 20.8 Å². The van der Waals surface area contributed by atoms with Crippen LogP contribution in [0.15, 0.2) is 0 Å². The summed E-state index contributed by atoms with van der Waals surface area (Å²) in [7, 11) is 0. The summed E-state index contributed by atoms with van der Waals surface area (Å²) in [5.74, 6) is 0. The Balaban J connectivity index is 0.00000225. The molecule has 0 radical (unpaired) electrons. The van der Waals surface area contributed by atoms with Crippen LogP contribution >= 0.6 is 12.4 Å². The van der Waals surface area contributed by atoms with E-state index in [4.69, 9.17) is 10.5 Å². The van der Waals surface area contributed by atoms with Crippen molar-refractivity contribution in [2.45, 2.75) is 44.9 Å². The van der Waals surface area contributed by atoms with Crippen molar-refractivity contribution >= 4 is 18.5 Å². The van der Waals surface area contributed by atoms with Crippen LogP contribution in [-0.2, 0) is 4.74 Å². The first-order valence-corrected chi connectivity index (χ1v) is 5.21. The number of halogens is 1. The topological polar surface area (TPSA) is 75.8 Å². The van der Waals surface area contributed by atoms with Crippen LogP contribution in [0.25, 0.3) is 0 Å². The van der Waals surface area contributed by atoms with Crippen LogP contribution in [0.2, 0.25) is 0 Å². The Morgan fingerprint density at radius 2 is 2.06 bits per heavy atom. The molecule has 0 bridgehead atoms. The summed E-state index contributed by atoms with van der Waals surface area (Å²) in [5.41, 5.74) is 5.18. The second kappa shape index (κ2) is 5.70. The van der Waals surface area contributed by atoms with Crippen molar-refractivity contribution < 1.29 is 14.6 Å². The lowest BCUT2D eigenvalue weighted by Gasteiger charge is -2.35. The maximum atomic E-state index is 11.6. The Morgan fingerprint density at radius 3 is 2.50 bits per heavy atom. The van der Waals surface area contributed by atoms with E-state index in [1.165, 1.54) is 0 Å². The molecule has 1 saturated heterocycles. The number of hydrogen-bond acceptors (Lipinski definition) is 4. The monoisotopic (exact) mass is 252 g/mol. The number of hydrogen-bond donors (Lipinski definition) is 2. The van der Waals surface area contributed by atoms with Gasteiger partial charge in [0.2, 0.25) is 0 Å². The zero-order valence-corrected chi connectivity index (χ0v) is 10.8. The third-order valence-electron chi connectivity index (χ3n) is 2.27. The first-order chi connectivity index (χ1) is 6.79. The van der Waals surface area contributed by atoms with Crippen LogP contribution in [-0.4, -0.2) is 46.9 Å². The molecule has 1 rings (SSSR count). The number of carbonyl (C=O) groups excluding carboxylic acids is 1. The maximum Gasteiger partial charge on any atom is 0.410 e. The molecule has 0 aromatic heterocycles. The van der Waals surface area contributed by atoms with E-state index in [0.29, 0.717) is 19.5 Å². The number of aliphatic hydroxyl groups excluding tert-OH is 1. The number of carbonyl (C=O) groups is 1. The molecule has 1 aliphatic rings. The predicted molar refractivity (Wildman–Crippen MR) is 63.7 cm³/mol. The number of aliphatic hydroxyl groups is 1. The molecule has 1 fully saturated rings. The van der Waals surface area contributed by atoms with Gasteiger partial charge < -0.3 is 20.5 Å². The minimum atomic E-state index is -0.510. The molecule has 2 atom stereocenters. The van der Waals surface area contributed by atoms with Crippen molar-refractivity contribution in [2.24, 2.45) is 5.73 Å². The molecule has 1 aliphatic heterocycles. The number of nitrogens with two attached hydrogens (primary N) is 1. The molecule has 1 amide bonds. The Hall–Kier alpha value is -0.520. The number of piperidine rings is 1. The number of rotatable bonds is 0. The Morgan fingerprint density at radius 1 is 1.50 bits per heavy atom. The largest absolute Gasteiger partial charge is 0.444 e. The molecule has 1 heterocycles. The fraction of sp³-hybridized carbons (Fsp3) is 0.900. The summed E-state index contributed by atoms with van der Waals surface area (Å²) in [5, 5.41) is 9.41. The first kappa shape index (κ1) is 15.5. The molecular formula is C10H21ClN2O3. The van der Waals surface area contributed by atoms with Gasteiger partial charge in [-0.05, 0) is 27.2 Å². The van der Waals surface area contributed by atoms with Crippen molar-refractivity contribution in [2.75, 3.05) is 13.1 Å².